The highest BCUT2D eigenvalue weighted by atomic mass is 32.2. The lowest BCUT2D eigenvalue weighted by Crippen LogP contribution is -2.41. The Labute approximate surface area is 140 Å². The molecule has 1 heterocycles. The van der Waals surface area contributed by atoms with Gasteiger partial charge in [-0.25, -0.2) is 15.8 Å². The van der Waals surface area contributed by atoms with Gasteiger partial charge in [0.1, 0.15) is 5.69 Å². The van der Waals surface area contributed by atoms with E-state index in [1.165, 1.54) is 11.8 Å². The fourth-order valence-electron chi connectivity index (χ4n) is 2.62. The molecule has 1 aliphatic carbocycles. The number of nitrogen functional groups attached to an aromatic ring is 2. The van der Waals surface area contributed by atoms with Crippen LogP contribution in [0.2, 0.25) is 0 Å². The first-order valence-corrected chi connectivity index (χ1v) is 8.87. The Hall–Kier alpha value is -1.29. The van der Waals surface area contributed by atoms with Crippen LogP contribution in [0.5, 0.6) is 0 Å². The fourth-order valence-corrected chi connectivity index (χ4v) is 3.32. The van der Waals surface area contributed by atoms with Crippen molar-refractivity contribution in [1.82, 2.24) is 9.97 Å². The van der Waals surface area contributed by atoms with Gasteiger partial charge in [0.25, 0.3) is 0 Å². The predicted molar refractivity (Wildman–Crippen MR) is 93.0 cm³/mol. The van der Waals surface area contributed by atoms with Gasteiger partial charge in [-0.1, -0.05) is 18.7 Å². The van der Waals surface area contributed by atoms with Crippen molar-refractivity contribution >= 4 is 29.1 Å². The van der Waals surface area contributed by atoms with Gasteiger partial charge < -0.3 is 21.3 Å². The average Bonchev–Trinajstić information content (AvgIpc) is 3.02. The number of hydrogen-bond acceptors (Lipinski definition) is 9. The van der Waals surface area contributed by atoms with Gasteiger partial charge in [0, 0.05) is 11.8 Å². The van der Waals surface area contributed by atoms with Crippen LogP contribution < -0.4 is 22.3 Å². The first kappa shape index (κ1) is 18.1. The first-order chi connectivity index (χ1) is 11.1. The zero-order valence-corrected chi connectivity index (χ0v) is 14.3. The number of aromatic nitrogens is 2. The summed E-state index contributed by atoms with van der Waals surface area (Å²) in [6, 6.07) is 0.0827. The van der Waals surface area contributed by atoms with Crippen LogP contribution in [0, 0.1) is 0 Å². The van der Waals surface area contributed by atoms with Crippen LogP contribution in [0.3, 0.4) is 0 Å². The molecule has 0 aliphatic heterocycles. The van der Waals surface area contributed by atoms with E-state index in [9.17, 15) is 0 Å². The summed E-state index contributed by atoms with van der Waals surface area (Å²) < 4.78 is 5.57. The van der Waals surface area contributed by atoms with Crippen molar-refractivity contribution in [1.29, 1.82) is 0 Å². The molecule has 0 bridgehead atoms. The van der Waals surface area contributed by atoms with Gasteiger partial charge in [0.15, 0.2) is 16.8 Å². The summed E-state index contributed by atoms with van der Waals surface area (Å²) in [5, 5.41) is 11.0. The van der Waals surface area contributed by atoms with Crippen LogP contribution in [0.1, 0.15) is 32.6 Å². The lowest BCUT2D eigenvalue weighted by molar-refractivity contribution is 0.0322. The second-order valence-electron chi connectivity index (χ2n) is 5.57. The third-order valence-corrected chi connectivity index (χ3v) is 4.86. The van der Waals surface area contributed by atoms with Crippen molar-refractivity contribution in [2.24, 2.45) is 5.84 Å². The van der Waals surface area contributed by atoms with E-state index in [4.69, 9.17) is 27.2 Å². The Morgan fingerprint density at radius 2 is 2.13 bits per heavy atom. The summed E-state index contributed by atoms with van der Waals surface area (Å²) >= 11 is 1.54. The minimum atomic E-state index is 0.0287. The van der Waals surface area contributed by atoms with E-state index in [1.54, 1.807) is 5.01 Å². The van der Waals surface area contributed by atoms with Crippen LogP contribution in [-0.4, -0.2) is 46.2 Å². The molecule has 0 spiro atoms. The molecule has 7 N–H and O–H groups in total. The maximum absolute atomic E-state index is 8.84. The molecule has 8 nitrogen and oxygen atoms in total. The molecule has 1 aromatic heterocycles. The van der Waals surface area contributed by atoms with Gasteiger partial charge in [-0.05, 0) is 25.7 Å². The highest BCUT2D eigenvalue weighted by molar-refractivity contribution is 7.99. The maximum Gasteiger partial charge on any atom is 0.191 e. The summed E-state index contributed by atoms with van der Waals surface area (Å²) in [6.07, 6.45) is 3.68. The van der Waals surface area contributed by atoms with E-state index in [0.29, 0.717) is 23.3 Å². The van der Waals surface area contributed by atoms with Crippen molar-refractivity contribution in [2.75, 3.05) is 35.4 Å². The largest absolute Gasteiger partial charge is 0.394 e. The van der Waals surface area contributed by atoms with Crippen LogP contribution in [-0.2, 0) is 4.74 Å². The molecule has 23 heavy (non-hydrogen) atoms. The van der Waals surface area contributed by atoms with E-state index in [-0.39, 0.29) is 24.6 Å². The summed E-state index contributed by atoms with van der Waals surface area (Å²) in [4.78, 5) is 8.67. The molecular formula is C14H26N6O2S. The Balaban J connectivity index is 2.09. The molecule has 1 fully saturated rings. The molecule has 130 valence electrons. The van der Waals surface area contributed by atoms with Crippen molar-refractivity contribution in [3.8, 4) is 0 Å². The summed E-state index contributed by atoms with van der Waals surface area (Å²) in [6.45, 7) is 2.47. The standard InChI is InChI=1S/C14H26N6O2S/c1-2-7-23-14-18-12(16)11(15)13(19-14)20(17)9-3-4-10(8-9)22-6-5-21/h9-10,21H,2-8,15,17H2,1H3,(H2,16,18,19)/t9-,10+/m0/s1. The van der Waals surface area contributed by atoms with Gasteiger partial charge in [0.2, 0.25) is 0 Å². The number of anilines is 3. The molecular weight excluding hydrogens is 316 g/mol. The molecule has 0 amide bonds. The van der Waals surface area contributed by atoms with Crippen LogP contribution in [0.15, 0.2) is 5.16 Å². The normalized spacial score (nSPS) is 20.8. The molecule has 0 unspecified atom stereocenters. The molecule has 0 aromatic carbocycles. The summed E-state index contributed by atoms with van der Waals surface area (Å²) in [5.74, 6) is 7.90. The Morgan fingerprint density at radius 1 is 1.35 bits per heavy atom. The molecule has 0 radical (unpaired) electrons. The predicted octanol–water partition coefficient (Wildman–Crippen LogP) is 0.753. The Morgan fingerprint density at radius 3 is 2.83 bits per heavy atom. The van der Waals surface area contributed by atoms with E-state index in [1.807, 2.05) is 0 Å². The van der Waals surface area contributed by atoms with Crippen molar-refractivity contribution in [3.63, 3.8) is 0 Å². The molecule has 1 aromatic rings. The third-order valence-electron chi connectivity index (χ3n) is 3.81. The zero-order valence-electron chi connectivity index (χ0n) is 13.4. The molecule has 9 heteroatoms. The lowest BCUT2D eigenvalue weighted by Gasteiger charge is -2.26. The SMILES string of the molecule is CCCSc1nc(N)c(N)c(N(N)[C@H]2CC[C@@H](OCCO)C2)n1. The van der Waals surface area contributed by atoms with E-state index < -0.39 is 0 Å². The molecule has 0 saturated heterocycles. The fraction of sp³-hybridized carbons (Fsp3) is 0.714. The second-order valence-corrected chi connectivity index (χ2v) is 6.63. The quantitative estimate of drug-likeness (QED) is 0.233. The Bertz CT molecular complexity index is 518. The summed E-state index contributed by atoms with van der Waals surface area (Å²) in [7, 11) is 0. The number of nitrogens with zero attached hydrogens (tertiary/aromatic N) is 3. The topological polar surface area (TPSA) is 137 Å². The monoisotopic (exact) mass is 342 g/mol. The number of hydrazine groups is 1. The zero-order chi connectivity index (χ0) is 16.8. The smallest absolute Gasteiger partial charge is 0.191 e. The molecule has 1 aliphatic rings. The number of hydrogen-bond donors (Lipinski definition) is 4. The number of aliphatic hydroxyl groups excluding tert-OH is 1. The van der Waals surface area contributed by atoms with Crippen molar-refractivity contribution in [3.05, 3.63) is 0 Å². The number of ether oxygens (including phenoxy) is 1. The summed E-state index contributed by atoms with van der Waals surface area (Å²) in [5.41, 5.74) is 12.2. The van der Waals surface area contributed by atoms with Gasteiger partial charge in [0.05, 0.1) is 19.3 Å². The second kappa shape index (κ2) is 8.53. The number of rotatable bonds is 8. The van der Waals surface area contributed by atoms with E-state index in [2.05, 4.69) is 16.9 Å². The number of aliphatic hydroxyl groups is 1. The van der Waals surface area contributed by atoms with Crippen molar-refractivity contribution in [2.45, 2.75) is 49.9 Å². The number of nitrogens with two attached hydrogens (primary N) is 3. The molecule has 2 atom stereocenters. The van der Waals surface area contributed by atoms with Gasteiger partial charge in [-0.3, -0.25) is 5.01 Å². The van der Waals surface area contributed by atoms with E-state index in [0.717, 1.165) is 31.4 Å². The van der Waals surface area contributed by atoms with E-state index >= 15 is 0 Å². The highest BCUT2D eigenvalue weighted by Gasteiger charge is 2.31. The molecule has 2 rings (SSSR count). The van der Waals surface area contributed by atoms with Gasteiger partial charge in [-0.2, -0.15) is 0 Å². The van der Waals surface area contributed by atoms with Crippen LogP contribution in [0.25, 0.3) is 0 Å². The lowest BCUT2D eigenvalue weighted by atomic mass is 10.2. The Kier molecular flexibility index (Phi) is 6.70. The van der Waals surface area contributed by atoms with Crippen LogP contribution in [0.4, 0.5) is 17.3 Å². The van der Waals surface area contributed by atoms with Gasteiger partial charge >= 0.3 is 0 Å². The first-order valence-electron chi connectivity index (χ1n) is 7.89. The van der Waals surface area contributed by atoms with Gasteiger partial charge in [-0.15, -0.1) is 0 Å². The van der Waals surface area contributed by atoms with Crippen LogP contribution >= 0.6 is 11.8 Å². The third kappa shape index (κ3) is 4.60. The highest BCUT2D eigenvalue weighted by Crippen LogP contribution is 2.33. The maximum atomic E-state index is 8.84. The minimum Gasteiger partial charge on any atom is -0.394 e. The molecule has 1 saturated carbocycles. The number of thioether (sulfide) groups is 1. The van der Waals surface area contributed by atoms with Crippen molar-refractivity contribution < 1.29 is 9.84 Å². The minimum absolute atomic E-state index is 0.0287. The average molecular weight is 342 g/mol.